The number of carbonyl (C=O) groups is 1. The van der Waals surface area contributed by atoms with Gasteiger partial charge in [-0.25, -0.2) is 9.97 Å². The van der Waals surface area contributed by atoms with Crippen molar-refractivity contribution in [2.24, 2.45) is 5.92 Å². The van der Waals surface area contributed by atoms with Crippen LogP contribution in [0.25, 0.3) is 33.5 Å². The number of rotatable bonds is 4. The molecule has 5 nitrogen and oxygen atoms in total. The summed E-state index contributed by atoms with van der Waals surface area (Å²) in [6.07, 6.45) is 1.68. The van der Waals surface area contributed by atoms with Crippen LogP contribution in [0.3, 0.4) is 0 Å². The third kappa shape index (κ3) is 3.99. The zero-order valence-corrected chi connectivity index (χ0v) is 17.8. The molecule has 1 aliphatic rings. The Morgan fingerprint density at radius 3 is 1.94 bits per heavy atom. The van der Waals surface area contributed by atoms with E-state index < -0.39 is 0 Å². The van der Waals surface area contributed by atoms with Crippen LogP contribution in [0, 0.1) is 5.92 Å². The highest BCUT2D eigenvalue weighted by Gasteiger charge is 2.23. The van der Waals surface area contributed by atoms with Crippen molar-refractivity contribution < 1.29 is 9.90 Å². The number of piperidine rings is 1. The smallest absolute Gasteiger partial charge is 0.253 e. The number of nitrogens with zero attached hydrogens (tertiary/aromatic N) is 3. The number of benzene rings is 3. The van der Waals surface area contributed by atoms with E-state index in [4.69, 9.17) is 9.97 Å². The number of aliphatic hydroxyl groups excluding tert-OH is 1. The first-order chi connectivity index (χ1) is 15.7. The van der Waals surface area contributed by atoms with Gasteiger partial charge in [0.1, 0.15) is 0 Å². The first-order valence-corrected chi connectivity index (χ1v) is 11.1. The molecule has 32 heavy (non-hydrogen) atoms. The Labute approximate surface area is 187 Å². The zero-order chi connectivity index (χ0) is 21.9. The van der Waals surface area contributed by atoms with E-state index in [0.29, 0.717) is 30.1 Å². The number of hydrogen-bond acceptors (Lipinski definition) is 4. The molecule has 1 aliphatic heterocycles. The van der Waals surface area contributed by atoms with Gasteiger partial charge in [0.05, 0.1) is 22.4 Å². The lowest BCUT2D eigenvalue weighted by Crippen LogP contribution is -2.39. The van der Waals surface area contributed by atoms with Crippen LogP contribution in [0.2, 0.25) is 0 Å². The molecule has 5 rings (SSSR count). The van der Waals surface area contributed by atoms with Crippen LogP contribution in [-0.4, -0.2) is 45.6 Å². The molecule has 1 saturated heterocycles. The van der Waals surface area contributed by atoms with E-state index in [1.165, 1.54) is 0 Å². The molecule has 0 atom stereocenters. The highest BCUT2D eigenvalue weighted by atomic mass is 16.3. The van der Waals surface area contributed by atoms with Gasteiger partial charge >= 0.3 is 0 Å². The number of fused-ring (bicyclic) bond motifs is 1. The van der Waals surface area contributed by atoms with Crippen LogP contribution >= 0.6 is 0 Å². The van der Waals surface area contributed by atoms with Gasteiger partial charge in [-0.05, 0) is 37.0 Å². The second kappa shape index (κ2) is 8.89. The summed E-state index contributed by atoms with van der Waals surface area (Å²) < 4.78 is 0. The molecular weight excluding hydrogens is 398 g/mol. The van der Waals surface area contributed by atoms with Crippen LogP contribution in [0.1, 0.15) is 23.2 Å². The van der Waals surface area contributed by atoms with E-state index in [9.17, 15) is 9.90 Å². The minimum atomic E-state index is 0.0125. The lowest BCUT2D eigenvalue weighted by molar-refractivity contribution is 0.0651. The van der Waals surface area contributed by atoms with Gasteiger partial charge in [0.25, 0.3) is 5.91 Å². The molecule has 1 fully saturated rings. The molecule has 0 unspecified atom stereocenters. The number of carbonyl (C=O) groups excluding carboxylic acids is 1. The molecule has 4 aromatic rings. The van der Waals surface area contributed by atoms with Crippen LogP contribution in [0.5, 0.6) is 0 Å². The molecule has 0 aliphatic carbocycles. The lowest BCUT2D eigenvalue weighted by Gasteiger charge is -2.31. The van der Waals surface area contributed by atoms with Crippen molar-refractivity contribution in [1.82, 2.24) is 14.9 Å². The van der Waals surface area contributed by atoms with Crippen LogP contribution in [-0.2, 0) is 0 Å². The van der Waals surface area contributed by atoms with E-state index in [1.807, 2.05) is 83.8 Å². The standard InChI is InChI=1S/C27H25N3O2/c31-18-19-13-15-30(16-14-19)27(32)22-11-12-23-24(17-22)29-26(21-9-5-2-6-10-21)25(28-23)20-7-3-1-4-8-20/h1-12,17,19,31H,13-16,18H2. The van der Waals surface area contributed by atoms with Gasteiger partial charge in [0.15, 0.2) is 0 Å². The van der Waals surface area contributed by atoms with Gasteiger partial charge in [-0.1, -0.05) is 60.7 Å². The van der Waals surface area contributed by atoms with Crippen molar-refractivity contribution in [2.45, 2.75) is 12.8 Å². The van der Waals surface area contributed by atoms with Gasteiger partial charge in [-0.15, -0.1) is 0 Å². The van der Waals surface area contributed by atoms with Crippen LogP contribution in [0.15, 0.2) is 78.9 Å². The largest absolute Gasteiger partial charge is 0.396 e. The molecule has 5 heteroatoms. The second-order valence-electron chi connectivity index (χ2n) is 8.27. The number of aliphatic hydroxyl groups is 1. The average Bonchev–Trinajstić information content (AvgIpc) is 2.88. The molecule has 3 aromatic carbocycles. The van der Waals surface area contributed by atoms with Gasteiger partial charge in [0.2, 0.25) is 0 Å². The van der Waals surface area contributed by atoms with E-state index >= 15 is 0 Å². The maximum atomic E-state index is 13.1. The summed E-state index contributed by atoms with van der Waals surface area (Å²) in [5, 5.41) is 9.36. The monoisotopic (exact) mass is 423 g/mol. The topological polar surface area (TPSA) is 66.3 Å². The summed E-state index contributed by atoms with van der Waals surface area (Å²) in [6.45, 7) is 1.55. The molecule has 2 heterocycles. The van der Waals surface area contributed by atoms with Crippen molar-refractivity contribution >= 4 is 16.9 Å². The summed E-state index contributed by atoms with van der Waals surface area (Å²) in [4.78, 5) is 24.9. The fourth-order valence-corrected chi connectivity index (χ4v) is 4.28. The van der Waals surface area contributed by atoms with Crippen molar-refractivity contribution in [2.75, 3.05) is 19.7 Å². The van der Waals surface area contributed by atoms with E-state index in [0.717, 1.165) is 40.9 Å². The zero-order valence-electron chi connectivity index (χ0n) is 17.8. The second-order valence-corrected chi connectivity index (χ2v) is 8.27. The van der Waals surface area contributed by atoms with Crippen LogP contribution < -0.4 is 0 Å². The Morgan fingerprint density at radius 2 is 1.38 bits per heavy atom. The van der Waals surface area contributed by atoms with Gasteiger partial charge in [0, 0.05) is 36.4 Å². The Balaban J connectivity index is 1.56. The molecule has 0 spiro atoms. The Kier molecular flexibility index (Phi) is 5.65. The quantitative estimate of drug-likeness (QED) is 0.512. The predicted molar refractivity (Wildman–Crippen MR) is 126 cm³/mol. The van der Waals surface area contributed by atoms with E-state index in [1.54, 1.807) is 0 Å². The van der Waals surface area contributed by atoms with Crippen molar-refractivity contribution in [3.8, 4) is 22.5 Å². The molecule has 1 aromatic heterocycles. The third-order valence-corrected chi connectivity index (χ3v) is 6.17. The average molecular weight is 424 g/mol. The van der Waals surface area contributed by atoms with Crippen LogP contribution in [0.4, 0.5) is 0 Å². The number of aromatic nitrogens is 2. The van der Waals surface area contributed by atoms with E-state index in [-0.39, 0.29) is 12.5 Å². The molecular formula is C27H25N3O2. The van der Waals surface area contributed by atoms with Gasteiger partial charge in [-0.2, -0.15) is 0 Å². The summed E-state index contributed by atoms with van der Waals surface area (Å²) in [7, 11) is 0. The third-order valence-electron chi connectivity index (χ3n) is 6.17. The molecule has 0 saturated carbocycles. The molecule has 1 amide bonds. The Bertz CT molecular complexity index is 1230. The van der Waals surface area contributed by atoms with E-state index in [2.05, 4.69) is 0 Å². The molecule has 160 valence electrons. The SMILES string of the molecule is O=C(c1ccc2nc(-c3ccccc3)c(-c3ccccc3)nc2c1)N1CCC(CO)CC1. The summed E-state index contributed by atoms with van der Waals surface area (Å²) in [5.74, 6) is 0.310. The summed E-state index contributed by atoms with van der Waals surface area (Å²) in [6, 6.07) is 25.7. The molecule has 0 bridgehead atoms. The minimum Gasteiger partial charge on any atom is -0.396 e. The summed E-state index contributed by atoms with van der Waals surface area (Å²) in [5.41, 5.74) is 5.72. The highest BCUT2D eigenvalue weighted by Crippen LogP contribution is 2.31. The van der Waals surface area contributed by atoms with Crippen molar-refractivity contribution in [3.63, 3.8) is 0 Å². The Hall–Kier alpha value is -3.57. The number of likely N-dealkylation sites (tertiary alicyclic amines) is 1. The minimum absolute atomic E-state index is 0.0125. The predicted octanol–water partition coefficient (Wildman–Crippen LogP) is 4.81. The van der Waals surface area contributed by atoms with Gasteiger partial charge < -0.3 is 10.0 Å². The van der Waals surface area contributed by atoms with Gasteiger partial charge in [-0.3, -0.25) is 4.79 Å². The molecule has 1 N–H and O–H groups in total. The Morgan fingerprint density at radius 1 is 0.812 bits per heavy atom. The normalized spacial score (nSPS) is 14.6. The highest BCUT2D eigenvalue weighted by molar-refractivity contribution is 5.98. The maximum Gasteiger partial charge on any atom is 0.253 e. The molecule has 0 radical (unpaired) electrons. The maximum absolute atomic E-state index is 13.1. The fourth-order valence-electron chi connectivity index (χ4n) is 4.28. The summed E-state index contributed by atoms with van der Waals surface area (Å²) >= 11 is 0. The first kappa shape index (κ1) is 20.3. The number of amides is 1. The van der Waals surface area contributed by atoms with Crippen molar-refractivity contribution in [1.29, 1.82) is 0 Å². The lowest BCUT2D eigenvalue weighted by atomic mass is 9.97. The number of hydrogen-bond donors (Lipinski definition) is 1. The van der Waals surface area contributed by atoms with Crippen molar-refractivity contribution in [3.05, 3.63) is 84.4 Å². The first-order valence-electron chi connectivity index (χ1n) is 11.1. The fraction of sp³-hybridized carbons (Fsp3) is 0.222.